The first-order valence-corrected chi connectivity index (χ1v) is 10.0. The number of likely N-dealkylation sites (tertiary alicyclic amines) is 1. The predicted octanol–water partition coefficient (Wildman–Crippen LogP) is 2.71. The molecular weight excluding hydrogens is 383 g/mol. The highest BCUT2D eigenvalue weighted by Gasteiger charge is 2.36. The molecule has 0 radical (unpaired) electrons. The molecule has 1 N–H and O–H groups in total. The Morgan fingerprint density at radius 1 is 1.20 bits per heavy atom. The van der Waals surface area contributed by atoms with E-state index >= 15 is 0 Å². The number of hydrazone groups is 1. The molecule has 5 rings (SSSR count). The molecule has 0 aliphatic carbocycles. The molecule has 1 aromatic carbocycles. The van der Waals surface area contributed by atoms with Gasteiger partial charge in [-0.3, -0.25) is 9.78 Å². The number of amides is 1. The first kappa shape index (κ1) is 18.5. The average Bonchev–Trinajstić information content (AvgIpc) is 3.41. The number of benzene rings is 1. The van der Waals surface area contributed by atoms with Gasteiger partial charge in [-0.1, -0.05) is 12.1 Å². The SMILES string of the molecule is O=C(NC1C=NN2C=CC(N3CCC[C@@H]3c3cccc(F)c3)=NC12)c1ccncc1. The lowest BCUT2D eigenvalue weighted by molar-refractivity contribution is 0.0936. The van der Waals surface area contributed by atoms with Crippen LogP contribution in [0.5, 0.6) is 0 Å². The number of pyridine rings is 1. The first-order valence-electron chi connectivity index (χ1n) is 10.0. The standard InChI is InChI=1S/C22H21FN6O/c23-17-4-1-3-16(13-17)19-5-2-11-28(19)20-8-12-29-21(27-20)18(14-25-29)26-22(30)15-6-9-24-10-7-15/h1,3-4,6-10,12-14,18-19,21H,2,5,11H2,(H,26,30)/t18?,19-,21?/m1/s1. The van der Waals surface area contributed by atoms with Crippen LogP contribution in [0.15, 0.2) is 71.2 Å². The van der Waals surface area contributed by atoms with Crippen LogP contribution in [-0.4, -0.2) is 51.6 Å². The van der Waals surface area contributed by atoms with Crippen molar-refractivity contribution in [2.45, 2.75) is 31.1 Å². The van der Waals surface area contributed by atoms with E-state index in [1.165, 1.54) is 6.07 Å². The summed E-state index contributed by atoms with van der Waals surface area (Å²) in [5, 5.41) is 9.09. The zero-order valence-electron chi connectivity index (χ0n) is 16.2. The minimum absolute atomic E-state index is 0.0860. The highest BCUT2D eigenvalue weighted by Crippen LogP contribution is 2.34. The van der Waals surface area contributed by atoms with Gasteiger partial charge in [-0.05, 0) is 48.7 Å². The van der Waals surface area contributed by atoms with Crippen LogP contribution in [0.3, 0.4) is 0 Å². The molecule has 0 spiro atoms. The molecule has 4 heterocycles. The van der Waals surface area contributed by atoms with Gasteiger partial charge in [-0.25, -0.2) is 14.4 Å². The molecule has 8 heteroatoms. The number of hydrogen-bond acceptors (Lipinski definition) is 6. The number of hydrogen-bond donors (Lipinski definition) is 1. The maximum absolute atomic E-state index is 13.7. The van der Waals surface area contributed by atoms with E-state index in [4.69, 9.17) is 4.99 Å². The zero-order valence-corrected chi connectivity index (χ0v) is 16.2. The van der Waals surface area contributed by atoms with Gasteiger partial charge in [0.2, 0.25) is 0 Å². The summed E-state index contributed by atoms with van der Waals surface area (Å²) in [6, 6.07) is 9.84. The van der Waals surface area contributed by atoms with Crippen LogP contribution in [0.2, 0.25) is 0 Å². The van der Waals surface area contributed by atoms with E-state index in [1.807, 2.05) is 18.3 Å². The first-order chi connectivity index (χ1) is 14.7. The number of fused-ring (bicyclic) bond motifs is 1. The molecule has 1 aromatic heterocycles. The van der Waals surface area contributed by atoms with Gasteiger partial charge in [0, 0.05) is 30.7 Å². The Hall–Kier alpha value is -3.55. The van der Waals surface area contributed by atoms with Crippen LogP contribution < -0.4 is 5.32 Å². The normalized spacial score (nSPS) is 24.7. The molecule has 152 valence electrons. The lowest BCUT2D eigenvalue weighted by Gasteiger charge is -2.32. The monoisotopic (exact) mass is 404 g/mol. The molecule has 2 aromatic rings. The summed E-state index contributed by atoms with van der Waals surface area (Å²) in [6.45, 7) is 0.853. The molecule has 3 atom stereocenters. The summed E-state index contributed by atoms with van der Waals surface area (Å²) >= 11 is 0. The average molecular weight is 404 g/mol. The Morgan fingerprint density at radius 2 is 2.07 bits per heavy atom. The fourth-order valence-corrected chi connectivity index (χ4v) is 4.17. The van der Waals surface area contributed by atoms with Gasteiger partial charge in [0.25, 0.3) is 5.91 Å². The molecule has 2 unspecified atom stereocenters. The summed E-state index contributed by atoms with van der Waals surface area (Å²) in [5.74, 6) is 0.409. The molecule has 30 heavy (non-hydrogen) atoms. The Bertz CT molecular complexity index is 1040. The molecule has 1 fully saturated rings. The third kappa shape index (κ3) is 3.45. The van der Waals surface area contributed by atoms with E-state index in [0.717, 1.165) is 30.8 Å². The Balaban J connectivity index is 1.35. The van der Waals surface area contributed by atoms with Gasteiger partial charge in [-0.2, -0.15) is 5.10 Å². The largest absolute Gasteiger partial charge is 0.350 e. The van der Waals surface area contributed by atoms with Crippen molar-refractivity contribution in [2.24, 2.45) is 10.1 Å². The van der Waals surface area contributed by atoms with Gasteiger partial charge in [-0.15, -0.1) is 0 Å². The molecular formula is C22H21FN6O. The zero-order chi connectivity index (χ0) is 20.5. The second-order valence-electron chi connectivity index (χ2n) is 7.50. The predicted molar refractivity (Wildman–Crippen MR) is 111 cm³/mol. The van der Waals surface area contributed by atoms with Gasteiger partial charge in [0.15, 0.2) is 6.17 Å². The van der Waals surface area contributed by atoms with Gasteiger partial charge in [0.1, 0.15) is 17.7 Å². The number of carbonyl (C=O) groups excluding carboxylic acids is 1. The maximum Gasteiger partial charge on any atom is 0.252 e. The smallest absolute Gasteiger partial charge is 0.252 e. The lowest BCUT2D eigenvalue weighted by atomic mass is 10.0. The lowest BCUT2D eigenvalue weighted by Crippen LogP contribution is -2.47. The number of nitrogens with one attached hydrogen (secondary N) is 1. The van der Waals surface area contributed by atoms with E-state index in [1.54, 1.807) is 47.9 Å². The summed E-state index contributed by atoms with van der Waals surface area (Å²) in [4.78, 5) is 23.6. The molecule has 0 saturated carbocycles. The van der Waals surface area contributed by atoms with Crippen LogP contribution in [0.25, 0.3) is 0 Å². The fourth-order valence-electron chi connectivity index (χ4n) is 4.17. The van der Waals surface area contributed by atoms with Crippen molar-refractivity contribution in [1.29, 1.82) is 0 Å². The molecule has 7 nitrogen and oxygen atoms in total. The van der Waals surface area contributed by atoms with Crippen LogP contribution in [0.4, 0.5) is 4.39 Å². The topological polar surface area (TPSA) is 73.2 Å². The summed E-state index contributed by atoms with van der Waals surface area (Å²) in [7, 11) is 0. The molecule has 1 amide bonds. The Kier molecular flexibility index (Phi) is 4.74. The van der Waals surface area contributed by atoms with Crippen molar-refractivity contribution in [3.05, 3.63) is 78.0 Å². The number of carbonyl (C=O) groups is 1. The van der Waals surface area contributed by atoms with E-state index in [0.29, 0.717) is 5.56 Å². The maximum atomic E-state index is 13.7. The highest BCUT2D eigenvalue weighted by atomic mass is 19.1. The number of nitrogens with zero attached hydrogens (tertiary/aromatic N) is 5. The van der Waals surface area contributed by atoms with Crippen molar-refractivity contribution >= 4 is 18.0 Å². The number of rotatable bonds is 3. The Labute approximate surface area is 173 Å². The molecule has 1 saturated heterocycles. The van der Waals surface area contributed by atoms with Crippen molar-refractivity contribution in [1.82, 2.24) is 20.2 Å². The van der Waals surface area contributed by atoms with Crippen molar-refractivity contribution in [3.63, 3.8) is 0 Å². The fraction of sp³-hybridized carbons (Fsp3) is 0.273. The van der Waals surface area contributed by atoms with E-state index in [-0.39, 0.29) is 30.0 Å². The quantitative estimate of drug-likeness (QED) is 0.854. The third-order valence-electron chi connectivity index (χ3n) is 5.61. The Morgan fingerprint density at radius 3 is 2.90 bits per heavy atom. The van der Waals surface area contributed by atoms with Crippen molar-refractivity contribution in [3.8, 4) is 0 Å². The number of aromatic nitrogens is 1. The summed E-state index contributed by atoms with van der Waals surface area (Å²) in [6.07, 6.45) is 10.3. The van der Waals surface area contributed by atoms with Gasteiger partial charge in [0.05, 0.1) is 12.3 Å². The third-order valence-corrected chi connectivity index (χ3v) is 5.61. The van der Waals surface area contributed by atoms with Crippen molar-refractivity contribution in [2.75, 3.05) is 6.54 Å². The van der Waals surface area contributed by atoms with Crippen LogP contribution in [-0.2, 0) is 0 Å². The number of aliphatic imine (C=N–C) groups is 1. The van der Waals surface area contributed by atoms with Crippen LogP contribution in [0, 0.1) is 5.82 Å². The second-order valence-corrected chi connectivity index (χ2v) is 7.50. The molecule has 0 bridgehead atoms. The minimum atomic E-state index is -0.346. The number of amidine groups is 1. The van der Waals surface area contributed by atoms with Crippen LogP contribution >= 0.6 is 0 Å². The van der Waals surface area contributed by atoms with Gasteiger partial charge >= 0.3 is 0 Å². The number of halogens is 1. The second kappa shape index (κ2) is 7.70. The van der Waals surface area contributed by atoms with E-state index in [2.05, 4.69) is 20.3 Å². The summed E-state index contributed by atoms with van der Waals surface area (Å²) < 4.78 is 13.7. The van der Waals surface area contributed by atoms with E-state index < -0.39 is 0 Å². The van der Waals surface area contributed by atoms with Crippen molar-refractivity contribution < 1.29 is 9.18 Å². The van der Waals surface area contributed by atoms with E-state index in [9.17, 15) is 9.18 Å². The molecule has 3 aliphatic heterocycles. The van der Waals surface area contributed by atoms with Gasteiger partial charge < -0.3 is 10.2 Å². The summed E-state index contributed by atoms with van der Waals surface area (Å²) in [5.41, 5.74) is 1.49. The highest BCUT2D eigenvalue weighted by molar-refractivity contribution is 5.97. The van der Waals surface area contributed by atoms with Crippen LogP contribution in [0.1, 0.15) is 34.8 Å². The molecule has 3 aliphatic rings. The minimum Gasteiger partial charge on any atom is -0.350 e.